The molecule has 168 valence electrons. The van der Waals surface area contributed by atoms with Crippen LogP contribution in [0.5, 0.6) is 5.75 Å². The molecule has 0 spiro atoms. The van der Waals surface area contributed by atoms with Gasteiger partial charge in [0.05, 0.1) is 36.4 Å². The first-order chi connectivity index (χ1) is 15.7. The van der Waals surface area contributed by atoms with E-state index in [0.717, 1.165) is 54.3 Å². The summed E-state index contributed by atoms with van der Waals surface area (Å²) in [5, 5.41) is 3.54. The quantitative estimate of drug-likeness (QED) is 0.613. The number of nitrogens with one attached hydrogen (secondary N) is 1. The van der Waals surface area contributed by atoms with E-state index in [2.05, 4.69) is 31.2 Å². The zero-order chi connectivity index (χ0) is 21.9. The Bertz CT molecular complexity index is 1110. The van der Waals surface area contributed by atoms with Gasteiger partial charge in [-0.25, -0.2) is 4.98 Å². The van der Waals surface area contributed by atoms with Crippen molar-refractivity contribution in [3.63, 3.8) is 0 Å². The van der Waals surface area contributed by atoms with Gasteiger partial charge in [0.2, 0.25) is 0 Å². The van der Waals surface area contributed by atoms with Crippen molar-refractivity contribution in [3.8, 4) is 5.75 Å². The molecule has 4 heterocycles. The van der Waals surface area contributed by atoms with E-state index in [1.165, 1.54) is 24.2 Å². The van der Waals surface area contributed by atoms with E-state index in [1.54, 1.807) is 19.4 Å². The van der Waals surface area contributed by atoms with Crippen LogP contribution in [-0.4, -0.2) is 67.3 Å². The van der Waals surface area contributed by atoms with Crippen LogP contribution in [-0.2, 0) is 11.3 Å². The third-order valence-electron chi connectivity index (χ3n) is 5.94. The Kier molecular flexibility index (Phi) is 6.20. The Morgan fingerprint density at radius 1 is 1.19 bits per heavy atom. The third kappa shape index (κ3) is 4.41. The molecule has 0 atom stereocenters. The van der Waals surface area contributed by atoms with Crippen LogP contribution in [0.4, 0.5) is 10.8 Å². The highest BCUT2D eigenvalue weighted by Gasteiger charge is 2.20. The molecule has 32 heavy (non-hydrogen) atoms. The number of carbonyl (C=O) groups is 1. The van der Waals surface area contributed by atoms with Crippen LogP contribution in [0.3, 0.4) is 0 Å². The minimum absolute atomic E-state index is 0.180. The van der Waals surface area contributed by atoms with E-state index in [4.69, 9.17) is 9.47 Å². The molecule has 2 fully saturated rings. The Morgan fingerprint density at radius 2 is 2.00 bits per heavy atom. The summed E-state index contributed by atoms with van der Waals surface area (Å²) in [5.41, 5.74) is 3.37. The second kappa shape index (κ2) is 9.40. The number of rotatable bonds is 6. The Labute approximate surface area is 191 Å². The smallest absolute Gasteiger partial charge is 0.257 e. The van der Waals surface area contributed by atoms with Gasteiger partial charge in [0.25, 0.3) is 5.91 Å². The van der Waals surface area contributed by atoms with Gasteiger partial charge >= 0.3 is 0 Å². The first kappa shape index (κ1) is 21.1. The summed E-state index contributed by atoms with van der Waals surface area (Å²) in [6.45, 7) is 6.04. The maximum absolute atomic E-state index is 13.0. The number of likely N-dealkylation sites (tertiary alicyclic amines) is 1. The molecular weight excluding hydrogens is 426 g/mol. The number of benzene rings is 1. The fourth-order valence-electron chi connectivity index (χ4n) is 4.29. The molecule has 8 nitrogen and oxygen atoms in total. The SMILES string of the molecule is COc1ccc(N2CCOCC2)c2sc(NC(=O)c3ccnc(CN4CCCC4)c3)nc12. The minimum Gasteiger partial charge on any atom is -0.494 e. The number of fused-ring (bicyclic) bond motifs is 1. The van der Waals surface area contributed by atoms with Crippen molar-refractivity contribution < 1.29 is 14.3 Å². The summed E-state index contributed by atoms with van der Waals surface area (Å²) >= 11 is 1.47. The number of carbonyl (C=O) groups excluding carboxylic acids is 1. The van der Waals surface area contributed by atoms with Gasteiger partial charge in [-0.15, -0.1) is 0 Å². The molecule has 2 aliphatic rings. The first-order valence-corrected chi connectivity index (χ1v) is 11.8. The van der Waals surface area contributed by atoms with Crippen molar-refractivity contribution in [2.45, 2.75) is 19.4 Å². The van der Waals surface area contributed by atoms with Gasteiger partial charge in [-0.3, -0.25) is 20.0 Å². The number of morpholine rings is 1. The molecule has 2 aromatic heterocycles. The van der Waals surface area contributed by atoms with Crippen molar-refractivity contribution in [1.29, 1.82) is 0 Å². The normalized spacial score (nSPS) is 17.1. The van der Waals surface area contributed by atoms with Crippen molar-refractivity contribution >= 4 is 38.3 Å². The molecule has 2 saturated heterocycles. The van der Waals surface area contributed by atoms with Crippen LogP contribution in [0, 0.1) is 0 Å². The summed E-state index contributed by atoms with van der Waals surface area (Å²) in [6.07, 6.45) is 4.17. The Balaban J connectivity index is 1.38. The van der Waals surface area contributed by atoms with Crippen LogP contribution in [0.2, 0.25) is 0 Å². The molecule has 1 aromatic carbocycles. The second-order valence-corrected chi connectivity index (χ2v) is 9.06. The van der Waals surface area contributed by atoms with Gasteiger partial charge in [-0.2, -0.15) is 0 Å². The van der Waals surface area contributed by atoms with Crippen LogP contribution < -0.4 is 15.0 Å². The van der Waals surface area contributed by atoms with Gasteiger partial charge in [0.1, 0.15) is 11.3 Å². The average molecular weight is 454 g/mol. The van der Waals surface area contributed by atoms with Crippen molar-refractivity contribution in [2.75, 3.05) is 56.7 Å². The molecule has 0 aliphatic carbocycles. The number of ether oxygens (including phenoxy) is 2. The summed E-state index contributed by atoms with van der Waals surface area (Å²) in [5.74, 6) is 0.520. The molecule has 0 bridgehead atoms. The number of hydrogen-bond acceptors (Lipinski definition) is 8. The van der Waals surface area contributed by atoms with Crippen LogP contribution >= 0.6 is 11.3 Å². The van der Waals surface area contributed by atoms with Crippen LogP contribution in [0.25, 0.3) is 10.2 Å². The second-order valence-electron chi connectivity index (χ2n) is 8.06. The van der Waals surface area contributed by atoms with E-state index in [9.17, 15) is 4.79 Å². The lowest BCUT2D eigenvalue weighted by Crippen LogP contribution is -2.36. The predicted molar refractivity (Wildman–Crippen MR) is 126 cm³/mol. The number of methoxy groups -OCH3 is 1. The number of aromatic nitrogens is 2. The first-order valence-electron chi connectivity index (χ1n) is 11.0. The molecule has 3 aromatic rings. The van der Waals surface area contributed by atoms with Crippen molar-refractivity contribution in [2.24, 2.45) is 0 Å². The molecule has 1 N–H and O–H groups in total. The van der Waals surface area contributed by atoms with E-state index < -0.39 is 0 Å². The molecular formula is C23H27N5O3S. The fraction of sp³-hybridized carbons (Fsp3) is 0.435. The lowest BCUT2D eigenvalue weighted by atomic mass is 10.2. The number of amides is 1. The highest BCUT2D eigenvalue weighted by molar-refractivity contribution is 7.23. The lowest BCUT2D eigenvalue weighted by Gasteiger charge is -2.29. The van der Waals surface area contributed by atoms with E-state index in [0.29, 0.717) is 29.7 Å². The average Bonchev–Trinajstić information content (AvgIpc) is 3.49. The maximum Gasteiger partial charge on any atom is 0.257 e. The maximum atomic E-state index is 13.0. The minimum atomic E-state index is -0.180. The number of pyridine rings is 1. The molecule has 5 rings (SSSR count). The summed E-state index contributed by atoms with van der Waals surface area (Å²) in [7, 11) is 1.64. The number of anilines is 2. The number of hydrogen-bond donors (Lipinski definition) is 1. The summed E-state index contributed by atoms with van der Waals surface area (Å²) in [6, 6.07) is 7.62. The zero-order valence-corrected chi connectivity index (χ0v) is 19.0. The molecule has 0 saturated carbocycles. The van der Waals surface area contributed by atoms with E-state index in [-0.39, 0.29) is 5.91 Å². The van der Waals surface area contributed by atoms with Crippen LogP contribution in [0.1, 0.15) is 28.9 Å². The topological polar surface area (TPSA) is 79.8 Å². The van der Waals surface area contributed by atoms with Gasteiger partial charge < -0.3 is 14.4 Å². The highest BCUT2D eigenvalue weighted by Crippen LogP contribution is 2.39. The summed E-state index contributed by atoms with van der Waals surface area (Å²) < 4.78 is 12.0. The van der Waals surface area contributed by atoms with E-state index in [1.807, 2.05) is 12.1 Å². The predicted octanol–water partition coefficient (Wildman–Crippen LogP) is 3.38. The van der Waals surface area contributed by atoms with Crippen molar-refractivity contribution in [3.05, 3.63) is 41.7 Å². The number of nitrogens with zero attached hydrogens (tertiary/aromatic N) is 4. The van der Waals surface area contributed by atoms with Crippen molar-refractivity contribution in [1.82, 2.24) is 14.9 Å². The number of thiazole rings is 1. The molecule has 9 heteroatoms. The highest BCUT2D eigenvalue weighted by atomic mass is 32.1. The zero-order valence-electron chi connectivity index (χ0n) is 18.2. The Hall–Kier alpha value is -2.75. The fourth-order valence-corrected chi connectivity index (χ4v) is 5.31. The van der Waals surface area contributed by atoms with Gasteiger partial charge in [0, 0.05) is 31.4 Å². The lowest BCUT2D eigenvalue weighted by molar-refractivity contribution is 0.102. The molecule has 0 unspecified atom stereocenters. The standard InChI is InChI=1S/C23H27N5O3S/c1-30-19-5-4-18(28-10-12-31-13-11-28)21-20(19)25-23(32-21)26-22(29)16-6-7-24-17(14-16)15-27-8-2-3-9-27/h4-7,14H,2-3,8-13,15H2,1H3,(H,25,26,29). The third-order valence-corrected chi connectivity index (χ3v) is 6.93. The van der Waals surface area contributed by atoms with Gasteiger partial charge in [-0.05, 0) is 50.2 Å². The summed E-state index contributed by atoms with van der Waals surface area (Å²) in [4.78, 5) is 26.8. The van der Waals surface area contributed by atoms with E-state index >= 15 is 0 Å². The Morgan fingerprint density at radius 3 is 2.78 bits per heavy atom. The molecule has 1 amide bonds. The molecule has 0 radical (unpaired) electrons. The monoisotopic (exact) mass is 453 g/mol. The van der Waals surface area contributed by atoms with Gasteiger partial charge in [0.15, 0.2) is 5.13 Å². The molecule has 2 aliphatic heterocycles. The van der Waals surface area contributed by atoms with Crippen LogP contribution in [0.15, 0.2) is 30.5 Å². The van der Waals surface area contributed by atoms with Gasteiger partial charge in [-0.1, -0.05) is 11.3 Å². The largest absolute Gasteiger partial charge is 0.494 e.